The van der Waals surface area contributed by atoms with Crippen molar-refractivity contribution in [3.05, 3.63) is 40.5 Å². The van der Waals surface area contributed by atoms with Crippen molar-refractivity contribution in [3.63, 3.8) is 0 Å². The lowest BCUT2D eigenvalue weighted by Crippen LogP contribution is -2.46. The van der Waals surface area contributed by atoms with Crippen molar-refractivity contribution in [3.8, 4) is 0 Å². The van der Waals surface area contributed by atoms with Crippen LogP contribution in [0.4, 0.5) is 17.5 Å². The third-order valence-corrected chi connectivity index (χ3v) is 6.51. The molecule has 0 saturated carbocycles. The fourth-order valence-electron chi connectivity index (χ4n) is 3.47. The first kappa shape index (κ1) is 28.8. The molecule has 38 heavy (non-hydrogen) atoms. The smallest absolute Gasteiger partial charge is 0.306 e. The van der Waals surface area contributed by atoms with E-state index < -0.39 is 23.3 Å². The van der Waals surface area contributed by atoms with Gasteiger partial charge in [-0.1, -0.05) is 12.1 Å². The van der Waals surface area contributed by atoms with Gasteiger partial charge in [-0.15, -0.1) is 0 Å². The number of nitrogens with two attached hydrogens (primary N) is 1. The maximum Gasteiger partial charge on any atom is 0.306 e. The van der Waals surface area contributed by atoms with E-state index in [1.54, 1.807) is 6.20 Å². The van der Waals surface area contributed by atoms with E-state index in [1.165, 1.54) is 13.8 Å². The van der Waals surface area contributed by atoms with Crippen LogP contribution in [-0.2, 0) is 30.3 Å². The molecule has 13 heteroatoms. The molecule has 0 bridgehead atoms. The number of carbonyl (C=O) groups is 4. The van der Waals surface area contributed by atoms with Gasteiger partial charge < -0.3 is 31.7 Å². The summed E-state index contributed by atoms with van der Waals surface area (Å²) in [5.74, 6) is -0.733. The van der Waals surface area contributed by atoms with Gasteiger partial charge in [-0.05, 0) is 60.3 Å². The van der Waals surface area contributed by atoms with E-state index in [1.807, 2.05) is 24.3 Å². The van der Waals surface area contributed by atoms with E-state index in [9.17, 15) is 19.2 Å². The van der Waals surface area contributed by atoms with Crippen LogP contribution >= 0.6 is 15.9 Å². The van der Waals surface area contributed by atoms with Gasteiger partial charge >= 0.3 is 5.97 Å². The minimum absolute atomic E-state index is 0.273. The Hall–Kier alpha value is -3.74. The number of nitrogens with one attached hydrogen (secondary N) is 4. The van der Waals surface area contributed by atoms with Gasteiger partial charge in [0.25, 0.3) is 5.91 Å². The second-order valence-electron chi connectivity index (χ2n) is 9.30. The Balaban J connectivity index is 1.46. The topological polar surface area (TPSA) is 177 Å². The fraction of sp³-hybridized carbons (Fsp3) is 0.440. The average Bonchev–Trinajstić information content (AvgIpc) is 3.32. The largest absolute Gasteiger partial charge is 0.452 e. The number of benzene rings is 1. The lowest BCUT2D eigenvalue weighted by Gasteiger charge is -2.19. The summed E-state index contributed by atoms with van der Waals surface area (Å²) >= 11 is 3.43. The molecule has 0 radical (unpaired) electrons. The number of ether oxygens (including phenoxy) is 1. The molecule has 204 valence electrons. The molecular weight excluding hydrogens is 558 g/mol. The highest BCUT2D eigenvalue weighted by atomic mass is 79.9. The van der Waals surface area contributed by atoms with Crippen LogP contribution in [0.2, 0.25) is 0 Å². The van der Waals surface area contributed by atoms with Gasteiger partial charge in [-0.25, -0.2) is 4.98 Å². The van der Waals surface area contributed by atoms with Gasteiger partial charge in [0.05, 0.1) is 4.47 Å². The third-order valence-electron chi connectivity index (χ3n) is 5.93. The standard InChI is InChI=1S/C25H32BrN7O5/c1-25(2,22(27)36)23(37)30-11-4-10-28-20-17(26)14-31-24(33-20)32-16-6-3-5-15(13-16)9-12-29-21(35)18-7-8-19(34)38-18/h3,5-6,13-14,18H,4,7-12H2,1-2H3,(H2,27,36)(H,29,35)(H,30,37)(H2,28,31,32,33)/t18-/m1/s1. The van der Waals surface area contributed by atoms with Crippen LogP contribution in [-0.4, -0.2) is 59.4 Å². The maximum atomic E-state index is 12.1. The van der Waals surface area contributed by atoms with Crippen LogP contribution in [0.3, 0.4) is 0 Å². The van der Waals surface area contributed by atoms with Gasteiger partial charge in [0.2, 0.25) is 17.8 Å². The molecule has 1 aliphatic heterocycles. The van der Waals surface area contributed by atoms with Gasteiger partial charge in [0, 0.05) is 44.4 Å². The van der Waals surface area contributed by atoms with Crippen LogP contribution in [0, 0.1) is 5.41 Å². The van der Waals surface area contributed by atoms with Crippen molar-refractivity contribution < 1.29 is 23.9 Å². The van der Waals surface area contributed by atoms with Crippen molar-refractivity contribution in [2.24, 2.45) is 11.1 Å². The normalized spacial score (nSPS) is 14.9. The zero-order valence-corrected chi connectivity index (χ0v) is 22.9. The zero-order valence-electron chi connectivity index (χ0n) is 21.3. The molecule has 1 saturated heterocycles. The molecule has 1 aliphatic rings. The number of halogens is 1. The Kier molecular flexibility index (Phi) is 9.99. The summed E-state index contributed by atoms with van der Waals surface area (Å²) in [6.45, 7) is 4.28. The second kappa shape index (κ2) is 13.2. The Morgan fingerprint density at radius 3 is 2.68 bits per heavy atom. The highest BCUT2D eigenvalue weighted by Gasteiger charge is 2.33. The molecule has 0 aliphatic carbocycles. The molecule has 2 heterocycles. The molecule has 12 nitrogen and oxygen atoms in total. The monoisotopic (exact) mass is 589 g/mol. The highest BCUT2D eigenvalue weighted by molar-refractivity contribution is 9.10. The minimum atomic E-state index is -1.26. The number of nitrogens with zero attached hydrogens (tertiary/aromatic N) is 2. The van der Waals surface area contributed by atoms with E-state index in [4.69, 9.17) is 10.5 Å². The van der Waals surface area contributed by atoms with Crippen LogP contribution < -0.4 is 27.0 Å². The summed E-state index contributed by atoms with van der Waals surface area (Å²) in [5.41, 5.74) is 5.78. The Bertz CT molecular complexity index is 1190. The summed E-state index contributed by atoms with van der Waals surface area (Å²) in [6.07, 6.45) is 2.82. The van der Waals surface area contributed by atoms with Crippen LogP contribution in [0.1, 0.15) is 38.7 Å². The van der Waals surface area contributed by atoms with Gasteiger partial charge in [0.15, 0.2) is 6.10 Å². The minimum Gasteiger partial charge on any atom is -0.452 e. The summed E-state index contributed by atoms with van der Waals surface area (Å²) in [7, 11) is 0. The number of esters is 1. The molecule has 1 atom stereocenters. The molecule has 3 amide bonds. The summed E-state index contributed by atoms with van der Waals surface area (Å²) < 4.78 is 5.66. The number of primary amides is 1. The molecule has 1 aromatic carbocycles. The van der Waals surface area contributed by atoms with Crippen LogP contribution in [0.25, 0.3) is 0 Å². The summed E-state index contributed by atoms with van der Waals surface area (Å²) in [6, 6.07) is 7.67. The average molecular weight is 590 g/mol. The van der Waals surface area contributed by atoms with Crippen LogP contribution in [0.5, 0.6) is 0 Å². The molecular formula is C25H32BrN7O5. The van der Waals surface area contributed by atoms with Gasteiger partial charge in [-0.3, -0.25) is 19.2 Å². The zero-order chi connectivity index (χ0) is 27.7. The molecule has 1 aromatic heterocycles. The van der Waals surface area contributed by atoms with Crippen molar-refractivity contribution in [1.82, 2.24) is 20.6 Å². The van der Waals surface area contributed by atoms with E-state index >= 15 is 0 Å². The maximum absolute atomic E-state index is 12.1. The predicted octanol–water partition coefficient (Wildman–Crippen LogP) is 1.78. The molecule has 0 spiro atoms. The Labute approximate surface area is 229 Å². The molecule has 0 unspecified atom stereocenters. The second-order valence-corrected chi connectivity index (χ2v) is 10.2. The number of hydrogen-bond acceptors (Lipinski definition) is 9. The number of rotatable bonds is 13. The van der Waals surface area contributed by atoms with Crippen molar-refractivity contribution in [1.29, 1.82) is 0 Å². The Morgan fingerprint density at radius 2 is 1.97 bits per heavy atom. The first-order valence-corrected chi connectivity index (χ1v) is 13.0. The predicted molar refractivity (Wildman–Crippen MR) is 144 cm³/mol. The number of aromatic nitrogens is 2. The van der Waals surface area contributed by atoms with E-state index in [0.29, 0.717) is 55.1 Å². The van der Waals surface area contributed by atoms with E-state index in [0.717, 1.165) is 11.3 Å². The number of hydrogen-bond donors (Lipinski definition) is 5. The van der Waals surface area contributed by atoms with Crippen molar-refractivity contribution in [2.45, 2.75) is 45.6 Å². The lowest BCUT2D eigenvalue weighted by atomic mass is 9.91. The van der Waals surface area contributed by atoms with Gasteiger partial charge in [0.1, 0.15) is 11.2 Å². The molecule has 3 rings (SSSR count). The first-order chi connectivity index (χ1) is 18.1. The van der Waals surface area contributed by atoms with Crippen molar-refractivity contribution in [2.75, 3.05) is 30.3 Å². The SMILES string of the molecule is CC(C)(C(N)=O)C(=O)NCCCNc1nc(Nc2cccc(CCNC(=O)[C@H]3CCC(=O)O3)c2)ncc1Br. The highest BCUT2D eigenvalue weighted by Crippen LogP contribution is 2.22. The third kappa shape index (κ3) is 8.13. The molecule has 6 N–H and O–H groups in total. The van der Waals surface area contributed by atoms with Crippen LogP contribution in [0.15, 0.2) is 34.9 Å². The Morgan fingerprint density at radius 1 is 1.18 bits per heavy atom. The first-order valence-electron chi connectivity index (χ1n) is 12.2. The summed E-state index contributed by atoms with van der Waals surface area (Å²) in [5, 5.41) is 11.9. The number of carbonyl (C=O) groups excluding carboxylic acids is 4. The number of amides is 3. The molecule has 2 aromatic rings. The quantitative estimate of drug-likeness (QED) is 0.132. The van der Waals surface area contributed by atoms with E-state index in [-0.39, 0.29) is 18.3 Å². The fourth-order valence-corrected chi connectivity index (χ4v) is 3.80. The summed E-state index contributed by atoms with van der Waals surface area (Å²) in [4.78, 5) is 55.5. The lowest BCUT2D eigenvalue weighted by molar-refractivity contribution is -0.148. The number of anilines is 3. The van der Waals surface area contributed by atoms with Gasteiger partial charge in [-0.2, -0.15) is 4.98 Å². The number of cyclic esters (lactones) is 1. The molecule has 1 fully saturated rings. The van der Waals surface area contributed by atoms with E-state index in [2.05, 4.69) is 47.2 Å². The van der Waals surface area contributed by atoms with Crippen molar-refractivity contribution >= 4 is 57.1 Å².